The van der Waals surface area contributed by atoms with E-state index < -0.39 is 16.9 Å². The molecule has 0 bridgehead atoms. The third kappa shape index (κ3) is 20.0. The van der Waals surface area contributed by atoms with E-state index in [0.717, 1.165) is 57.4 Å². The average Bonchev–Trinajstić information content (AvgIpc) is 4.07. The highest BCUT2D eigenvalue weighted by atomic mass is 35.5. The molecule has 0 aromatic carbocycles. The number of halogens is 3. The Balaban J connectivity index is 0.000000232. The molecule has 0 saturated carbocycles. The molecule has 4 aromatic heterocycles. The summed E-state index contributed by atoms with van der Waals surface area (Å²) in [6.07, 6.45) is 55.8. The highest BCUT2D eigenvalue weighted by Crippen LogP contribution is 2.24. The van der Waals surface area contributed by atoms with Crippen molar-refractivity contribution in [3.63, 3.8) is 0 Å². The summed E-state index contributed by atoms with van der Waals surface area (Å²) in [7, 11) is 1.53. The lowest BCUT2D eigenvalue weighted by Crippen LogP contribution is -2.05. The molecule has 0 atom stereocenters. The largest absolute Gasteiger partial charge is 0.508 e. The van der Waals surface area contributed by atoms with Gasteiger partial charge in [0.15, 0.2) is 0 Å². The molecule has 0 fully saturated rings. The van der Waals surface area contributed by atoms with Crippen molar-refractivity contribution in [1.82, 2.24) is 4.57 Å². The SMILES string of the molecule is CCn1ccc(Cl)c1/C=C/C=C/C=C/C=C/c1cc(OC)c(C)c(=O)o1.Cc1c(O)cc(/C=C/C=C/C=C/C=C/C2=C(Cl)C=CC2)oc1=O.O=c1cc(O)cc(/C=C/C=C/C=C/C=C/C2=C(Cl)C=CC2)o1. The number of aryl methyl sites for hydroxylation is 1. The highest BCUT2D eigenvalue weighted by molar-refractivity contribution is 6.32. The van der Waals surface area contributed by atoms with Crippen LogP contribution in [0.1, 0.15) is 53.9 Å². The molecule has 71 heavy (non-hydrogen) atoms. The first-order valence-corrected chi connectivity index (χ1v) is 23.3. The summed E-state index contributed by atoms with van der Waals surface area (Å²) in [4.78, 5) is 34.1. The van der Waals surface area contributed by atoms with Crippen molar-refractivity contribution in [2.45, 2.75) is 40.2 Å². The number of nitrogens with zero attached hydrogens (tertiary/aromatic N) is 1. The van der Waals surface area contributed by atoms with Gasteiger partial charge in [0.25, 0.3) is 0 Å². The summed E-state index contributed by atoms with van der Waals surface area (Å²) in [5.41, 5.74) is 2.36. The first-order chi connectivity index (χ1) is 34.3. The monoisotopic (exact) mass is 1010 g/mol. The zero-order chi connectivity index (χ0) is 51.4. The van der Waals surface area contributed by atoms with E-state index in [9.17, 15) is 24.6 Å². The Labute approximate surface area is 428 Å². The smallest absolute Gasteiger partial charge is 0.342 e. The molecule has 13 heteroatoms. The standard InChI is InChI=1S/C21H22ClNO3.C19H17ClO3.C18H15ClO3/c1-4-23-14-13-18(22)19(23)12-10-8-6-5-7-9-11-17-15-20(25-3)16(2)21(24)26-17;1-14-18(21)13-16(23-19(14)22)11-7-5-3-2-4-6-9-15-10-8-12-17(15)20;19-17-11-7-9-14(17)8-5-3-1-2-4-6-10-16-12-15(20)13-18(21)22-16/h5-15H,4H2,1-3H3;2-9,11-13,21H,10H2,1H3;1-8,10-13,20H,9H2/b7-5+,8-6+,11-9+,12-10+;4-2+,5-3+,9-6+,11-7+;3-1+,4-2+,8-5+,10-6+. The lowest BCUT2D eigenvalue weighted by atomic mass is 10.2. The van der Waals surface area contributed by atoms with Crippen LogP contribution in [0.25, 0.3) is 24.3 Å². The third-order valence-corrected chi connectivity index (χ3v) is 10.8. The van der Waals surface area contributed by atoms with Crippen LogP contribution in [0.4, 0.5) is 0 Å². The van der Waals surface area contributed by atoms with Crippen molar-refractivity contribution in [2.24, 2.45) is 0 Å². The Morgan fingerprint density at radius 1 is 0.577 bits per heavy atom. The number of ether oxygens (including phenoxy) is 1. The van der Waals surface area contributed by atoms with E-state index in [-0.39, 0.29) is 17.1 Å². The van der Waals surface area contributed by atoms with Crippen molar-refractivity contribution in [2.75, 3.05) is 7.11 Å². The molecule has 2 aliphatic rings. The molecule has 0 amide bonds. The van der Waals surface area contributed by atoms with Crippen molar-refractivity contribution >= 4 is 59.1 Å². The van der Waals surface area contributed by atoms with Crippen LogP contribution in [0.15, 0.2) is 231 Å². The Hall–Kier alpha value is -7.76. The lowest BCUT2D eigenvalue weighted by Gasteiger charge is -2.02. The van der Waals surface area contributed by atoms with Crippen LogP contribution in [0.5, 0.6) is 17.2 Å². The number of aromatic nitrogens is 1. The van der Waals surface area contributed by atoms with Gasteiger partial charge in [-0.1, -0.05) is 168 Å². The lowest BCUT2D eigenvalue weighted by molar-refractivity contribution is 0.395. The number of allylic oxidation sites excluding steroid dienone is 28. The molecule has 0 aliphatic heterocycles. The minimum absolute atomic E-state index is 0.0655. The zero-order valence-electron chi connectivity index (χ0n) is 39.6. The van der Waals surface area contributed by atoms with Crippen molar-refractivity contribution in [3.05, 3.63) is 274 Å². The van der Waals surface area contributed by atoms with E-state index in [1.54, 1.807) is 61.6 Å². The first-order valence-electron chi connectivity index (χ1n) is 22.1. The van der Waals surface area contributed by atoms with Crippen LogP contribution < -0.4 is 21.6 Å². The number of hydrogen-bond acceptors (Lipinski definition) is 9. The molecule has 6 rings (SSSR count). The van der Waals surface area contributed by atoms with Gasteiger partial charge in [0.1, 0.15) is 34.5 Å². The second-order valence-electron chi connectivity index (χ2n) is 14.9. The van der Waals surface area contributed by atoms with Crippen LogP contribution >= 0.6 is 34.8 Å². The normalized spacial score (nSPS) is 14.3. The fourth-order valence-electron chi connectivity index (χ4n) is 5.96. The highest BCUT2D eigenvalue weighted by Gasteiger charge is 2.07. The Bertz CT molecular complexity index is 3140. The van der Waals surface area contributed by atoms with Crippen molar-refractivity contribution < 1.29 is 28.2 Å². The maximum absolute atomic E-state index is 11.7. The van der Waals surface area contributed by atoms with E-state index in [1.165, 1.54) is 26.2 Å². The second kappa shape index (κ2) is 30.7. The third-order valence-electron chi connectivity index (χ3n) is 9.74. The van der Waals surface area contributed by atoms with Gasteiger partial charge in [-0.15, -0.1) is 0 Å². The van der Waals surface area contributed by atoms with Gasteiger partial charge in [0.2, 0.25) is 0 Å². The zero-order valence-corrected chi connectivity index (χ0v) is 41.9. The van der Waals surface area contributed by atoms with Gasteiger partial charge >= 0.3 is 16.9 Å². The van der Waals surface area contributed by atoms with Crippen LogP contribution in [0, 0.1) is 13.8 Å². The molecule has 366 valence electrons. The fraction of sp³-hybridized carbons (Fsp3) is 0.121. The summed E-state index contributed by atoms with van der Waals surface area (Å²) >= 11 is 18.1. The summed E-state index contributed by atoms with van der Waals surface area (Å²) in [6.45, 7) is 6.13. The van der Waals surface area contributed by atoms with Crippen LogP contribution in [0.3, 0.4) is 0 Å². The molecule has 2 aliphatic carbocycles. The van der Waals surface area contributed by atoms with E-state index >= 15 is 0 Å². The molecule has 0 spiro atoms. The summed E-state index contributed by atoms with van der Waals surface area (Å²) in [5, 5.41) is 21.1. The van der Waals surface area contributed by atoms with Crippen LogP contribution in [-0.2, 0) is 6.54 Å². The maximum Gasteiger partial charge on any atom is 0.342 e. The molecule has 0 unspecified atom stereocenters. The van der Waals surface area contributed by atoms with Gasteiger partial charge in [-0.05, 0) is 87.3 Å². The fourth-order valence-corrected chi connectivity index (χ4v) is 6.64. The number of rotatable bonds is 17. The maximum atomic E-state index is 11.7. The Kier molecular flexibility index (Phi) is 24.1. The Morgan fingerprint density at radius 2 is 1.01 bits per heavy atom. The van der Waals surface area contributed by atoms with E-state index in [1.807, 2.05) is 134 Å². The summed E-state index contributed by atoms with van der Waals surface area (Å²) in [6, 6.07) is 7.37. The average molecular weight is 1020 g/mol. The van der Waals surface area contributed by atoms with Gasteiger partial charge in [0, 0.05) is 41.0 Å². The Morgan fingerprint density at radius 3 is 1.45 bits per heavy atom. The minimum atomic E-state index is -0.581. The van der Waals surface area contributed by atoms with E-state index in [0.29, 0.717) is 28.6 Å². The molecule has 2 N–H and O–H groups in total. The molecular formula is C58H54Cl3NO9. The quantitative estimate of drug-likeness (QED) is 0.0987. The molecule has 4 aromatic rings. The second-order valence-corrected chi connectivity index (χ2v) is 16.1. The van der Waals surface area contributed by atoms with Gasteiger partial charge in [-0.2, -0.15) is 0 Å². The van der Waals surface area contributed by atoms with Gasteiger partial charge in [-0.3, -0.25) is 0 Å². The molecular weight excluding hydrogens is 961 g/mol. The predicted molar refractivity (Wildman–Crippen MR) is 292 cm³/mol. The van der Waals surface area contributed by atoms with Gasteiger partial charge in [0.05, 0.1) is 35.0 Å². The number of hydrogen-bond donors (Lipinski definition) is 2. The van der Waals surface area contributed by atoms with Crippen molar-refractivity contribution in [3.8, 4) is 17.2 Å². The van der Waals surface area contributed by atoms with Crippen molar-refractivity contribution in [1.29, 1.82) is 0 Å². The van der Waals surface area contributed by atoms with Gasteiger partial charge < -0.3 is 32.8 Å². The van der Waals surface area contributed by atoms with Gasteiger partial charge in [-0.25, -0.2) is 14.4 Å². The molecule has 4 heterocycles. The molecule has 0 saturated heterocycles. The molecule has 0 radical (unpaired) electrons. The number of methoxy groups -OCH3 is 1. The first kappa shape index (κ1) is 55.8. The van der Waals surface area contributed by atoms with E-state index in [2.05, 4.69) is 11.5 Å². The van der Waals surface area contributed by atoms with Crippen LogP contribution in [0.2, 0.25) is 5.02 Å². The van der Waals surface area contributed by atoms with Crippen LogP contribution in [-0.4, -0.2) is 21.9 Å². The summed E-state index contributed by atoms with van der Waals surface area (Å²) < 4.78 is 22.3. The minimum Gasteiger partial charge on any atom is -0.508 e. The topological polar surface area (TPSA) is 145 Å². The van der Waals surface area contributed by atoms with E-state index in [4.69, 9.17) is 52.8 Å². The number of aromatic hydroxyl groups is 2. The summed E-state index contributed by atoms with van der Waals surface area (Å²) in [5.74, 6) is 1.39. The predicted octanol–water partition coefficient (Wildman–Crippen LogP) is 14.5. The molecule has 10 nitrogen and oxygen atoms in total.